The fraction of sp³-hybridized carbons (Fsp3) is 0.647. The third kappa shape index (κ3) is 1.92. The fourth-order valence-electron chi connectivity index (χ4n) is 4.83. The van der Waals surface area contributed by atoms with E-state index in [4.69, 9.17) is 5.11 Å². The highest BCUT2D eigenvalue weighted by atomic mass is 16.4. The highest BCUT2D eigenvalue weighted by molar-refractivity contribution is 5.96. The number of rotatable bonds is 3. The van der Waals surface area contributed by atoms with Crippen molar-refractivity contribution in [2.75, 3.05) is 0 Å². The van der Waals surface area contributed by atoms with Gasteiger partial charge in [0.1, 0.15) is 0 Å². The Morgan fingerprint density at radius 2 is 2.19 bits per heavy atom. The summed E-state index contributed by atoms with van der Waals surface area (Å²) in [5.74, 6) is -0.597. The van der Waals surface area contributed by atoms with Crippen LogP contribution in [-0.4, -0.2) is 28.1 Å². The Hall–Kier alpha value is -1.42. The Morgan fingerprint density at radius 3 is 2.86 bits per heavy atom. The first kappa shape index (κ1) is 14.5. The minimum atomic E-state index is -0.876. The largest absolute Gasteiger partial charge is 0.481 e. The van der Waals surface area contributed by atoms with Crippen molar-refractivity contribution in [3.63, 3.8) is 0 Å². The molecule has 2 bridgehead atoms. The van der Waals surface area contributed by atoms with E-state index in [9.17, 15) is 14.7 Å². The molecule has 0 amide bonds. The van der Waals surface area contributed by atoms with Gasteiger partial charge in [0, 0.05) is 17.3 Å². The van der Waals surface area contributed by atoms with E-state index in [2.05, 4.69) is 6.58 Å². The topological polar surface area (TPSA) is 74.6 Å². The zero-order chi connectivity index (χ0) is 15.4. The molecule has 0 heterocycles. The van der Waals surface area contributed by atoms with Crippen LogP contribution in [0.1, 0.15) is 39.0 Å². The monoisotopic (exact) mass is 290 g/mol. The molecule has 0 radical (unpaired) electrons. The van der Waals surface area contributed by atoms with E-state index in [-0.39, 0.29) is 24.0 Å². The van der Waals surface area contributed by atoms with E-state index in [1.165, 1.54) is 0 Å². The minimum Gasteiger partial charge on any atom is -0.481 e. The van der Waals surface area contributed by atoms with Crippen LogP contribution in [0.3, 0.4) is 0 Å². The number of fused-ring (bicyclic) bond motifs is 2. The Kier molecular flexibility index (Phi) is 3.14. The highest BCUT2D eigenvalue weighted by Gasteiger charge is 2.61. The predicted molar refractivity (Wildman–Crippen MR) is 77.5 cm³/mol. The molecular weight excluding hydrogens is 268 g/mol. The minimum absolute atomic E-state index is 0.00439. The van der Waals surface area contributed by atoms with Crippen LogP contribution < -0.4 is 0 Å². The van der Waals surface area contributed by atoms with E-state index in [0.717, 1.165) is 18.4 Å². The van der Waals surface area contributed by atoms with Gasteiger partial charge in [0.25, 0.3) is 0 Å². The van der Waals surface area contributed by atoms with Crippen LogP contribution in [-0.2, 0) is 9.59 Å². The number of aliphatic hydroxyl groups excluding tert-OH is 1. The van der Waals surface area contributed by atoms with Crippen LogP contribution in [0.2, 0.25) is 0 Å². The average Bonchev–Trinajstić information content (AvgIpc) is 2.42. The lowest BCUT2D eigenvalue weighted by Crippen LogP contribution is -2.59. The molecule has 2 N–H and O–H groups in total. The van der Waals surface area contributed by atoms with Gasteiger partial charge < -0.3 is 10.2 Å². The van der Waals surface area contributed by atoms with Crippen molar-refractivity contribution in [3.8, 4) is 0 Å². The van der Waals surface area contributed by atoms with Crippen LogP contribution >= 0.6 is 0 Å². The molecule has 0 saturated heterocycles. The van der Waals surface area contributed by atoms with Gasteiger partial charge in [-0.2, -0.15) is 0 Å². The lowest BCUT2D eigenvalue weighted by Gasteiger charge is -2.61. The van der Waals surface area contributed by atoms with Crippen molar-refractivity contribution >= 4 is 11.8 Å². The first-order valence-electron chi connectivity index (χ1n) is 7.61. The summed E-state index contributed by atoms with van der Waals surface area (Å²) in [5.41, 5.74) is 0.0525. The molecule has 0 aliphatic heterocycles. The molecule has 4 rings (SSSR count). The van der Waals surface area contributed by atoms with E-state index in [1.54, 1.807) is 6.08 Å². The molecule has 21 heavy (non-hydrogen) atoms. The molecule has 1 spiro atoms. The second-order valence-electron chi connectivity index (χ2n) is 7.19. The lowest BCUT2D eigenvalue weighted by atomic mass is 9.43. The summed E-state index contributed by atoms with van der Waals surface area (Å²) in [6, 6.07) is 0. The first-order valence-corrected chi connectivity index (χ1v) is 7.61. The Morgan fingerprint density at radius 1 is 1.48 bits per heavy atom. The maximum atomic E-state index is 12.5. The third-order valence-corrected chi connectivity index (χ3v) is 6.14. The molecule has 3 fully saturated rings. The number of carbonyl (C=O) groups is 2. The van der Waals surface area contributed by atoms with E-state index in [1.807, 2.05) is 13.0 Å². The first-order chi connectivity index (χ1) is 9.79. The van der Waals surface area contributed by atoms with Gasteiger partial charge in [-0.3, -0.25) is 9.59 Å². The van der Waals surface area contributed by atoms with E-state index in [0.29, 0.717) is 12.8 Å². The molecule has 4 aliphatic rings. The van der Waals surface area contributed by atoms with Crippen LogP contribution in [0.25, 0.3) is 0 Å². The van der Waals surface area contributed by atoms with Crippen LogP contribution in [0.5, 0.6) is 0 Å². The van der Waals surface area contributed by atoms with Crippen molar-refractivity contribution in [3.05, 3.63) is 24.3 Å². The molecule has 0 aromatic carbocycles. The van der Waals surface area contributed by atoms with Crippen molar-refractivity contribution in [1.29, 1.82) is 0 Å². The summed E-state index contributed by atoms with van der Waals surface area (Å²) in [6.07, 6.45) is 5.59. The lowest BCUT2D eigenvalue weighted by molar-refractivity contribution is -0.150. The molecule has 114 valence electrons. The number of allylic oxidation sites excluding steroid dienone is 2. The molecule has 5 atom stereocenters. The highest BCUT2D eigenvalue weighted by Crippen LogP contribution is 2.64. The van der Waals surface area contributed by atoms with Gasteiger partial charge in [0.2, 0.25) is 0 Å². The molecule has 4 heteroatoms. The van der Waals surface area contributed by atoms with Crippen molar-refractivity contribution in [2.45, 2.75) is 45.1 Å². The van der Waals surface area contributed by atoms with Crippen LogP contribution in [0.4, 0.5) is 0 Å². The molecule has 4 aliphatic carbocycles. The van der Waals surface area contributed by atoms with Crippen LogP contribution in [0.15, 0.2) is 24.3 Å². The fourth-order valence-corrected chi connectivity index (χ4v) is 4.83. The zero-order valence-corrected chi connectivity index (χ0v) is 12.3. The van der Waals surface area contributed by atoms with Crippen molar-refractivity contribution in [2.24, 2.45) is 22.7 Å². The van der Waals surface area contributed by atoms with Crippen molar-refractivity contribution < 1.29 is 19.8 Å². The SMILES string of the molecule is C=C1C[C@@]23C=CC(=O)[C@@](C)(CCC(=O)O)C2C[C@@H]1C[C@H]3O. The number of carboxylic acids is 1. The number of hydrogen-bond donors (Lipinski definition) is 2. The van der Waals surface area contributed by atoms with Gasteiger partial charge in [0.05, 0.1) is 6.10 Å². The normalized spacial score (nSPS) is 44.8. The summed E-state index contributed by atoms with van der Waals surface area (Å²) in [7, 11) is 0. The van der Waals surface area contributed by atoms with Gasteiger partial charge in [-0.15, -0.1) is 0 Å². The number of carboxylic acid groups (broad SMARTS) is 1. The summed E-state index contributed by atoms with van der Waals surface area (Å²) in [5, 5.41) is 19.6. The zero-order valence-electron chi connectivity index (χ0n) is 12.3. The summed E-state index contributed by atoms with van der Waals surface area (Å²) < 4.78 is 0. The van der Waals surface area contributed by atoms with Gasteiger partial charge >= 0.3 is 5.97 Å². The number of hydrogen-bond acceptors (Lipinski definition) is 3. The van der Waals surface area contributed by atoms with Crippen molar-refractivity contribution in [1.82, 2.24) is 0 Å². The molecule has 4 nitrogen and oxygen atoms in total. The van der Waals surface area contributed by atoms with Gasteiger partial charge in [-0.1, -0.05) is 25.2 Å². The third-order valence-electron chi connectivity index (χ3n) is 6.14. The summed E-state index contributed by atoms with van der Waals surface area (Å²) in [6.45, 7) is 6.01. The van der Waals surface area contributed by atoms with Gasteiger partial charge in [-0.05, 0) is 43.6 Å². The van der Waals surface area contributed by atoms with Crippen LogP contribution in [0, 0.1) is 22.7 Å². The molecule has 0 aromatic heterocycles. The second kappa shape index (κ2) is 4.54. The average molecular weight is 290 g/mol. The standard InChI is InChI=1S/C17H22O4/c1-10-9-17-6-3-13(18)16(2,5-4-15(20)21)12(17)7-11(10)8-14(17)19/h3,6,11-12,14,19H,1,4-5,7-9H2,2H3,(H,20,21)/t11-,12?,14-,16+,17+/m1/s1. The number of aliphatic carboxylic acids is 1. The number of carbonyl (C=O) groups excluding carboxylic acids is 1. The smallest absolute Gasteiger partial charge is 0.303 e. The Balaban J connectivity index is 2.01. The second-order valence-corrected chi connectivity index (χ2v) is 7.19. The predicted octanol–water partition coefficient (Wildman–Crippen LogP) is 2.33. The van der Waals surface area contributed by atoms with E-state index >= 15 is 0 Å². The van der Waals surface area contributed by atoms with Gasteiger partial charge in [0.15, 0.2) is 5.78 Å². The molecule has 1 unspecified atom stereocenters. The Labute approximate surface area is 124 Å². The number of ketones is 1. The van der Waals surface area contributed by atoms with Gasteiger partial charge in [-0.25, -0.2) is 0 Å². The molecular formula is C17H22O4. The molecule has 3 saturated carbocycles. The number of aliphatic hydroxyl groups is 1. The quantitative estimate of drug-likeness (QED) is 0.782. The maximum absolute atomic E-state index is 12.5. The maximum Gasteiger partial charge on any atom is 0.303 e. The summed E-state index contributed by atoms with van der Waals surface area (Å²) in [4.78, 5) is 23.4. The molecule has 0 aromatic rings. The Bertz CT molecular complexity index is 549. The van der Waals surface area contributed by atoms with E-state index < -0.39 is 22.9 Å². The summed E-state index contributed by atoms with van der Waals surface area (Å²) >= 11 is 0.